The average molecular weight is 683 g/mol. The first-order valence-electron chi connectivity index (χ1n) is 16.2. The highest BCUT2D eigenvalue weighted by Crippen LogP contribution is 2.39. The predicted molar refractivity (Wildman–Crippen MR) is 187 cm³/mol. The molecule has 12 nitrogen and oxygen atoms in total. The summed E-state index contributed by atoms with van der Waals surface area (Å²) in [5.74, 6) is 1.31. The van der Waals surface area contributed by atoms with Crippen molar-refractivity contribution < 1.29 is 17.9 Å². The molecule has 2 saturated heterocycles. The van der Waals surface area contributed by atoms with Crippen LogP contribution in [0.2, 0.25) is 0 Å². The Morgan fingerprint density at radius 1 is 1.02 bits per heavy atom. The number of hydrogen-bond acceptors (Lipinski definition) is 10. The number of fused-ring (bicyclic) bond motifs is 2. The quantitative estimate of drug-likeness (QED) is 0.249. The Hall–Kier alpha value is -3.17. The van der Waals surface area contributed by atoms with Crippen molar-refractivity contribution in [1.82, 2.24) is 29.0 Å². The molecule has 0 aliphatic carbocycles. The number of amides is 1. The van der Waals surface area contributed by atoms with Gasteiger partial charge in [-0.05, 0) is 29.4 Å². The van der Waals surface area contributed by atoms with Crippen molar-refractivity contribution in [3.05, 3.63) is 35.3 Å². The van der Waals surface area contributed by atoms with Gasteiger partial charge in [0.05, 0.1) is 41.4 Å². The van der Waals surface area contributed by atoms with Crippen LogP contribution in [-0.4, -0.2) is 102 Å². The maximum absolute atomic E-state index is 12.0. The molecule has 2 aliphatic rings. The molecule has 47 heavy (non-hydrogen) atoms. The number of rotatable bonds is 11. The summed E-state index contributed by atoms with van der Waals surface area (Å²) in [7, 11) is -3.17. The molecule has 5 heterocycles. The Labute approximate surface area is 280 Å². The Morgan fingerprint density at radius 2 is 1.74 bits per heavy atom. The zero-order chi connectivity index (χ0) is 33.6. The SMILES string of the molecule is CC(C)(CC(N)=O)CC(C)(C)Cn1ncc2c(-c3nc(N4CCOCC4)c4sc(CN5CCN(S(C)(=O)=O)CC5)cc4n3)cccc21. The molecule has 2 N–H and O–H groups in total. The number of benzene rings is 1. The zero-order valence-electron chi connectivity index (χ0n) is 28.0. The lowest BCUT2D eigenvalue weighted by atomic mass is 9.73. The highest BCUT2D eigenvalue weighted by molar-refractivity contribution is 7.88. The van der Waals surface area contributed by atoms with Gasteiger partial charge in [0, 0.05) is 74.6 Å². The van der Waals surface area contributed by atoms with E-state index in [1.165, 1.54) is 11.1 Å². The van der Waals surface area contributed by atoms with E-state index in [1.54, 1.807) is 15.6 Å². The molecule has 0 unspecified atom stereocenters. The number of thiophene rings is 1. The summed E-state index contributed by atoms with van der Waals surface area (Å²) in [6.45, 7) is 15.2. The van der Waals surface area contributed by atoms with Crippen LogP contribution in [0.25, 0.3) is 32.5 Å². The summed E-state index contributed by atoms with van der Waals surface area (Å²) in [4.78, 5) is 27.8. The summed E-state index contributed by atoms with van der Waals surface area (Å²) in [5, 5.41) is 5.81. The minimum Gasteiger partial charge on any atom is -0.378 e. The number of morpholine rings is 1. The molecule has 1 aromatic carbocycles. The Kier molecular flexibility index (Phi) is 9.35. The normalized spacial score (nSPS) is 17.6. The fourth-order valence-electron chi connectivity index (χ4n) is 7.31. The number of piperazine rings is 1. The molecule has 4 aromatic rings. The molecule has 0 bridgehead atoms. The van der Waals surface area contributed by atoms with E-state index in [-0.39, 0.29) is 16.7 Å². The number of nitrogens with two attached hydrogens (primary N) is 1. The van der Waals surface area contributed by atoms with E-state index >= 15 is 0 Å². The average Bonchev–Trinajstić information content (AvgIpc) is 3.58. The Bertz CT molecular complexity index is 1870. The molecular weight excluding hydrogens is 637 g/mol. The third-order valence-electron chi connectivity index (χ3n) is 9.01. The van der Waals surface area contributed by atoms with E-state index in [9.17, 15) is 13.2 Å². The fourth-order valence-corrected chi connectivity index (χ4v) is 9.29. The smallest absolute Gasteiger partial charge is 0.217 e. The van der Waals surface area contributed by atoms with Crippen LogP contribution in [0.4, 0.5) is 5.82 Å². The van der Waals surface area contributed by atoms with Gasteiger partial charge in [0.1, 0.15) is 0 Å². The number of ether oxygens (including phenoxy) is 1. The van der Waals surface area contributed by atoms with Crippen LogP contribution in [0.3, 0.4) is 0 Å². The van der Waals surface area contributed by atoms with Crippen LogP contribution in [0.15, 0.2) is 30.5 Å². The molecular formula is C33H46N8O4S2. The summed E-state index contributed by atoms with van der Waals surface area (Å²) < 4.78 is 34.3. The lowest BCUT2D eigenvalue weighted by Crippen LogP contribution is -2.47. The van der Waals surface area contributed by atoms with Gasteiger partial charge in [0.15, 0.2) is 11.6 Å². The van der Waals surface area contributed by atoms with Crippen molar-refractivity contribution in [3.8, 4) is 11.4 Å². The number of carbonyl (C=O) groups is 1. The molecule has 0 saturated carbocycles. The van der Waals surface area contributed by atoms with Crippen LogP contribution < -0.4 is 10.6 Å². The lowest BCUT2D eigenvalue weighted by Gasteiger charge is -2.34. The summed E-state index contributed by atoms with van der Waals surface area (Å²) >= 11 is 1.72. The van der Waals surface area contributed by atoms with Crippen LogP contribution in [0, 0.1) is 10.8 Å². The maximum atomic E-state index is 12.0. The Balaban J connectivity index is 1.31. The summed E-state index contributed by atoms with van der Waals surface area (Å²) in [6, 6.07) is 8.35. The summed E-state index contributed by atoms with van der Waals surface area (Å²) in [6.07, 6.45) is 4.35. The van der Waals surface area contributed by atoms with Crippen molar-refractivity contribution in [2.45, 2.75) is 53.6 Å². The zero-order valence-corrected chi connectivity index (χ0v) is 29.7. The third kappa shape index (κ3) is 7.78. The molecule has 14 heteroatoms. The number of nitrogens with zero attached hydrogens (tertiary/aromatic N) is 7. The largest absolute Gasteiger partial charge is 0.378 e. The van der Waals surface area contributed by atoms with E-state index in [0.717, 1.165) is 58.6 Å². The second kappa shape index (κ2) is 13.0. The maximum Gasteiger partial charge on any atom is 0.217 e. The number of hydrogen-bond donors (Lipinski definition) is 1. The van der Waals surface area contributed by atoms with Gasteiger partial charge in [-0.2, -0.15) is 9.40 Å². The van der Waals surface area contributed by atoms with Crippen LogP contribution in [0.1, 0.15) is 45.4 Å². The van der Waals surface area contributed by atoms with Crippen molar-refractivity contribution in [2.24, 2.45) is 16.6 Å². The minimum atomic E-state index is -3.17. The number of sulfonamides is 1. The van der Waals surface area contributed by atoms with Crippen LogP contribution >= 0.6 is 11.3 Å². The van der Waals surface area contributed by atoms with E-state index < -0.39 is 10.0 Å². The molecule has 0 radical (unpaired) electrons. The van der Waals surface area contributed by atoms with Gasteiger partial charge in [-0.25, -0.2) is 18.4 Å². The van der Waals surface area contributed by atoms with E-state index in [2.05, 4.69) is 55.7 Å². The van der Waals surface area contributed by atoms with E-state index in [1.807, 2.05) is 16.9 Å². The van der Waals surface area contributed by atoms with Crippen molar-refractivity contribution in [2.75, 3.05) is 63.6 Å². The van der Waals surface area contributed by atoms with Gasteiger partial charge in [0.2, 0.25) is 15.9 Å². The third-order valence-corrected chi connectivity index (χ3v) is 11.4. The van der Waals surface area contributed by atoms with E-state index in [4.69, 9.17) is 25.5 Å². The van der Waals surface area contributed by atoms with Gasteiger partial charge in [-0.3, -0.25) is 14.4 Å². The van der Waals surface area contributed by atoms with Gasteiger partial charge in [-0.1, -0.05) is 39.8 Å². The molecule has 2 fully saturated rings. The van der Waals surface area contributed by atoms with Gasteiger partial charge < -0.3 is 15.4 Å². The molecule has 254 valence electrons. The predicted octanol–water partition coefficient (Wildman–Crippen LogP) is 3.94. The number of carbonyl (C=O) groups excluding carboxylic acids is 1. The molecule has 1 amide bonds. The first-order chi connectivity index (χ1) is 22.2. The topological polar surface area (TPSA) is 140 Å². The molecule has 0 spiro atoms. The standard InChI is InChI=1S/C33H46N8O4S2/c1-32(2,18-28(34)42)21-33(3,4)22-41-27-8-6-7-24(25(27)19-35-41)30-36-26-17-23(20-38-9-11-40(12-10-38)47(5,43)44)46-29(26)31(37-30)39-13-15-45-16-14-39/h6-8,17,19H,9-16,18,20-22H2,1-5H3,(H2,34,42). The minimum absolute atomic E-state index is 0.128. The van der Waals surface area contributed by atoms with Crippen LogP contribution in [-0.2, 0) is 32.6 Å². The van der Waals surface area contributed by atoms with Crippen molar-refractivity contribution >= 4 is 54.2 Å². The highest BCUT2D eigenvalue weighted by Gasteiger charge is 2.31. The highest BCUT2D eigenvalue weighted by atomic mass is 32.2. The second-order valence-electron chi connectivity index (χ2n) is 14.5. The first kappa shape index (κ1) is 33.7. The molecule has 2 aliphatic heterocycles. The van der Waals surface area contributed by atoms with E-state index in [0.29, 0.717) is 58.2 Å². The monoisotopic (exact) mass is 682 g/mol. The Morgan fingerprint density at radius 3 is 2.43 bits per heavy atom. The van der Waals surface area contributed by atoms with Gasteiger partial charge in [-0.15, -0.1) is 11.3 Å². The first-order valence-corrected chi connectivity index (χ1v) is 18.9. The van der Waals surface area contributed by atoms with Gasteiger partial charge in [0.25, 0.3) is 0 Å². The number of aromatic nitrogens is 4. The molecule has 3 aromatic heterocycles. The lowest BCUT2D eigenvalue weighted by molar-refractivity contribution is -0.120. The number of anilines is 1. The van der Waals surface area contributed by atoms with Crippen molar-refractivity contribution in [3.63, 3.8) is 0 Å². The second-order valence-corrected chi connectivity index (χ2v) is 17.6. The number of primary amides is 1. The fraction of sp³-hybridized carbons (Fsp3) is 0.576. The van der Waals surface area contributed by atoms with Crippen LogP contribution in [0.5, 0.6) is 0 Å². The van der Waals surface area contributed by atoms with Crippen molar-refractivity contribution in [1.29, 1.82) is 0 Å². The molecule has 0 atom stereocenters. The summed E-state index contributed by atoms with van der Waals surface area (Å²) in [5.41, 5.74) is 8.05. The van der Waals surface area contributed by atoms with Gasteiger partial charge >= 0.3 is 0 Å². The molecule has 6 rings (SSSR count).